The summed E-state index contributed by atoms with van der Waals surface area (Å²) in [5.41, 5.74) is 0.342. The Balaban J connectivity index is 2.32. The normalized spacial score (nSPS) is 10.6. The number of nitrogens with zero attached hydrogens (tertiary/aromatic N) is 1. The van der Waals surface area contributed by atoms with Gasteiger partial charge in [-0.3, -0.25) is 4.79 Å². The molecule has 3 N–H and O–H groups in total. The zero-order chi connectivity index (χ0) is 15.0. The number of rotatable bonds is 7. The molecule has 20 heavy (non-hydrogen) atoms. The molecule has 0 unspecified atom stereocenters. The molecule has 1 aromatic rings. The third kappa shape index (κ3) is 6.17. The summed E-state index contributed by atoms with van der Waals surface area (Å²) >= 11 is 0. The van der Waals surface area contributed by atoms with E-state index in [1.54, 1.807) is 24.3 Å². The molecule has 108 valence electrons. The Kier molecular flexibility index (Phi) is 5.96. The van der Waals surface area contributed by atoms with Crippen LogP contribution in [-0.4, -0.2) is 33.2 Å². The van der Waals surface area contributed by atoms with Crippen LogP contribution in [0, 0.1) is 11.3 Å². The van der Waals surface area contributed by atoms with Gasteiger partial charge in [-0.25, -0.2) is 13.6 Å². The number of nitriles is 1. The van der Waals surface area contributed by atoms with Crippen molar-refractivity contribution in [3.63, 3.8) is 0 Å². The van der Waals surface area contributed by atoms with Crippen molar-refractivity contribution in [2.45, 2.75) is 6.42 Å². The van der Waals surface area contributed by atoms with Crippen LogP contribution < -0.4 is 15.2 Å². The van der Waals surface area contributed by atoms with Crippen LogP contribution in [-0.2, 0) is 14.8 Å². The molecule has 0 heterocycles. The quantitative estimate of drug-likeness (QED) is 0.671. The number of sulfonamides is 1. The maximum absolute atomic E-state index is 11.4. The lowest BCUT2D eigenvalue weighted by atomic mass is 10.2. The van der Waals surface area contributed by atoms with Gasteiger partial charge in [-0.2, -0.15) is 5.26 Å². The Morgan fingerprint density at radius 1 is 1.40 bits per heavy atom. The highest BCUT2D eigenvalue weighted by Gasteiger charge is 2.07. The van der Waals surface area contributed by atoms with Gasteiger partial charge in [-0.15, -0.1) is 0 Å². The molecule has 0 aliphatic carbocycles. The summed E-state index contributed by atoms with van der Waals surface area (Å²) in [5, 5.41) is 16.2. The number of benzene rings is 1. The van der Waals surface area contributed by atoms with Gasteiger partial charge in [0.2, 0.25) is 10.0 Å². The van der Waals surface area contributed by atoms with Crippen molar-refractivity contribution in [2.24, 2.45) is 5.14 Å². The predicted octanol–water partition coefficient (Wildman–Crippen LogP) is -0.268. The molecule has 1 aromatic carbocycles. The van der Waals surface area contributed by atoms with Gasteiger partial charge in [0.15, 0.2) is 6.61 Å². The SMILES string of the molecule is N#Cc1ccccc1OCC(=O)NCCCS(N)(=O)=O. The number of hydrogen-bond acceptors (Lipinski definition) is 5. The second kappa shape index (κ2) is 7.47. The molecule has 0 aliphatic heterocycles. The molecule has 8 heteroatoms. The van der Waals surface area contributed by atoms with Gasteiger partial charge in [0, 0.05) is 6.54 Å². The molecule has 0 aromatic heterocycles. The van der Waals surface area contributed by atoms with Gasteiger partial charge in [-0.1, -0.05) is 12.1 Å². The summed E-state index contributed by atoms with van der Waals surface area (Å²) in [4.78, 5) is 11.4. The first-order valence-electron chi connectivity index (χ1n) is 5.81. The first-order chi connectivity index (χ1) is 9.42. The van der Waals surface area contributed by atoms with Gasteiger partial charge in [-0.05, 0) is 18.6 Å². The van der Waals surface area contributed by atoms with Crippen LogP contribution in [0.3, 0.4) is 0 Å². The van der Waals surface area contributed by atoms with Crippen LogP contribution in [0.5, 0.6) is 5.75 Å². The first-order valence-corrected chi connectivity index (χ1v) is 7.53. The van der Waals surface area contributed by atoms with Gasteiger partial charge >= 0.3 is 0 Å². The van der Waals surface area contributed by atoms with E-state index in [1.165, 1.54) is 0 Å². The van der Waals surface area contributed by atoms with E-state index < -0.39 is 15.9 Å². The zero-order valence-corrected chi connectivity index (χ0v) is 11.5. The van der Waals surface area contributed by atoms with E-state index >= 15 is 0 Å². The molecule has 1 amide bonds. The summed E-state index contributed by atoms with van der Waals surface area (Å²) in [7, 11) is -3.50. The van der Waals surface area contributed by atoms with Crippen LogP contribution >= 0.6 is 0 Å². The van der Waals surface area contributed by atoms with Gasteiger partial charge < -0.3 is 10.1 Å². The van der Waals surface area contributed by atoms with Crippen molar-refractivity contribution in [1.82, 2.24) is 5.32 Å². The number of para-hydroxylation sites is 1. The molecule has 1 rings (SSSR count). The molecule has 0 aliphatic rings. The average molecular weight is 297 g/mol. The van der Waals surface area contributed by atoms with Crippen molar-refractivity contribution < 1.29 is 17.9 Å². The van der Waals surface area contributed by atoms with Crippen LogP contribution in [0.25, 0.3) is 0 Å². The van der Waals surface area contributed by atoms with Gasteiger partial charge in [0.05, 0.1) is 11.3 Å². The molecule has 0 atom stereocenters. The van der Waals surface area contributed by atoms with Crippen molar-refractivity contribution >= 4 is 15.9 Å². The number of carbonyl (C=O) groups excluding carboxylic acids is 1. The fourth-order valence-electron chi connectivity index (χ4n) is 1.38. The Hall–Kier alpha value is -2.11. The minimum absolute atomic E-state index is 0.189. The number of nitrogens with one attached hydrogen (secondary N) is 1. The van der Waals surface area contributed by atoms with Crippen molar-refractivity contribution in [3.05, 3.63) is 29.8 Å². The topological polar surface area (TPSA) is 122 Å². The third-order valence-electron chi connectivity index (χ3n) is 2.29. The second-order valence-electron chi connectivity index (χ2n) is 3.97. The van der Waals surface area contributed by atoms with Crippen LogP contribution in [0.4, 0.5) is 0 Å². The van der Waals surface area contributed by atoms with Crippen molar-refractivity contribution in [2.75, 3.05) is 18.9 Å². The number of nitrogens with two attached hydrogens (primary N) is 1. The monoisotopic (exact) mass is 297 g/mol. The first kappa shape index (κ1) is 15.9. The molecule has 7 nitrogen and oxygen atoms in total. The molecule has 0 radical (unpaired) electrons. The predicted molar refractivity (Wildman–Crippen MR) is 72.3 cm³/mol. The average Bonchev–Trinajstić information content (AvgIpc) is 2.40. The van der Waals surface area contributed by atoms with E-state index in [1.807, 2.05) is 6.07 Å². The minimum atomic E-state index is -3.50. The lowest BCUT2D eigenvalue weighted by molar-refractivity contribution is -0.123. The standard InChI is InChI=1S/C12H15N3O4S/c13-8-10-4-1-2-5-11(10)19-9-12(16)15-6-3-7-20(14,17)18/h1-2,4-5H,3,6-7,9H2,(H,15,16)(H2,14,17,18). The molecular formula is C12H15N3O4S. The number of hydrogen-bond donors (Lipinski definition) is 2. The second-order valence-corrected chi connectivity index (χ2v) is 5.70. The van der Waals surface area contributed by atoms with Crippen LogP contribution in [0.15, 0.2) is 24.3 Å². The highest BCUT2D eigenvalue weighted by Crippen LogP contribution is 2.15. The molecule has 0 saturated heterocycles. The maximum atomic E-state index is 11.4. The van der Waals surface area contributed by atoms with E-state index in [0.29, 0.717) is 11.3 Å². The zero-order valence-electron chi connectivity index (χ0n) is 10.7. The maximum Gasteiger partial charge on any atom is 0.257 e. The molecule has 0 spiro atoms. The lowest BCUT2D eigenvalue weighted by Crippen LogP contribution is -2.31. The Morgan fingerprint density at radius 3 is 2.75 bits per heavy atom. The summed E-state index contributed by atoms with van der Waals surface area (Å²) in [6, 6.07) is 8.51. The summed E-state index contributed by atoms with van der Waals surface area (Å²) < 4.78 is 26.5. The number of carbonyl (C=O) groups is 1. The summed E-state index contributed by atoms with van der Waals surface area (Å²) in [6.07, 6.45) is 0.235. The number of primary sulfonamides is 1. The van der Waals surface area contributed by atoms with Crippen LogP contribution in [0.1, 0.15) is 12.0 Å². The highest BCUT2D eigenvalue weighted by atomic mass is 32.2. The van der Waals surface area contributed by atoms with Gasteiger partial charge in [0.1, 0.15) is 11.8 Å². The van der Waals surface area contributed by atoms with E-state index in [2.05, 4.69) is 5.32 Å². The smallest absolute Gasteiger partial charge is 0.257 e. The third-order valence-corrected chi connectivity index (χ3v) is 3.15. The van der Waals surface area contributed by atoms with E-state index in [0.717, 1.165) is 0 Å². The Labute approximate surface area is 117 Å². The van der Waals surface area contributed by atoms with E-state index in [-0.39, 0.29) is 25.3 Å². The van der Waals surface area contributed by atoms with Crippen LogP contribution in [0.2, 0.25) is 0 Å². The Morgan fingerprint density at radius 2 is 2.10 bits per heavy atom. The lowest BCUT2D eigenvalue weighted by Gasteiger charge is -2.08. The minimum Gasteiger partial charge on any atom is -0.482 e. The highest BCUT2D eigenvalue weighted by molar-refractivity contribution is 7.89. The largest absolute Gasteiger partial charge is 0.482 e. The Bertz CT molecular complexity index is 607. The molecule has 0 fully saturated rings. The van der Waals surface area contributed by atoms with E-state index in [9.17, 15) is 13.2 Å². The summed E-state index contributed by atoms with van der Waals surface area (Å²) in [5.74, 6) is -0.257. The number of ether oxygens (including phenoxy) is 1. The molecule has 0 bridgehead atoms. The summed E-state index contributed by atoms with van der Waals surface area (Å²) in [6.45, 7) is -0.0490. The number of amides is 1. The molecular weight excluding hydrogens is 282 g/mol. The van der Waals surface area contributed by atoms with Crippen molar-refractivity contribution in [1.29, 1.82) is 5.26 Å². The van der Waals surface area contributed by atoms with Gasteiger partial charge in [0.25, 0.3) is 5.91 Å². The fourth-order valence-corrected chi connectivity index (χ4v) is 1.93. The fraction of sp³-hybridized carbons (Fsp3) is 0.333. The van der Waals surface area contributed by atoms with E-state index in [4.69, 9.17) is 15.1 Å². The molecule has 0 saturated carbocycles. The van der Waals surface area contributed by atoms with Crippen molar-refractivity contribution in [3.8, 4) is 11.8 Å².